The van der Waals surface area contributed by atoms with Crippen LogP contribution in [0.1, 0.15) is 38.3 Å². The summed E-state index contributed by atoms with van der Waals surface area (Å²) >= 11 is 0. The van der Waals surface area contributed by atoms with Crippen LogP contribution in [-0.2, 0) is 19.6 Å². The number of methoxy groups -OCH3 is 1. The summed E-state index contributed by atoms with van der Waals surface area (Å²) in [6.07, 6.45) is 0. The molecule has 4 rings (SSSR count). The van der Waals surface area contributed by atoms with Crippen molar-refractivity contribution in [3.8, 4) is 5.75 Å². The van der Waals surface area contributed by atoms with Crippen molar-refractivity contribution in [2.24, 2.45) is 0 Å². The molecule has 2 N–H and O–H groups in total. The maximum absolute atomic E-state index is 12.4. The van der Waals surface area contributed by atoms with E-state index in [1.165, 1.54) is 11.1 Å². The van der Waals surface area contributed by atoms with Crippen molar-refractivity contribution in [1.82, 2.24) is 9.88 Å². The van der Waals surface area contributed by atoms with E-state index in [0.29, 0.717) is 31.1 Å². The van der Waals surface area contributed by atoms with Crippen molar-refractivity contribution in [3.63, 3.8) is 0 Å². The van der Waals surface area contributed by atoms with Crippen molar-refractivity contribution >= 4 is 16.9 Å². The molecule has 0 radical (unpaired) electrons. The number of hydrogen-bond acceptors (Lipinski definition) is 3. The third kappa shape index (κ3) is 4.53. The van der Waals surface area contributed by atoms with E-state index in [-0.39, 0.29) is 0 Å². The van der Waals surface area contributed by atoms with Gasteiger partial charge >= 0.3 is 5.97 Å². The lowest BCUT2D eigenvalue weighted by molar-refractivity contribution is 0.0684. The van der Waals surface area contributed by atoms with Gasteiger partial charge in [-0.1, -0.05) is 59.7 Å². The van der Waals surface area contributed by atoms with E-state index < -0.39 is 5.97 Å². The molecule has 164 valence electrons. The zero-order valence-corrected chi connectivity index (χ0v) is 18.7. The summed E-state index contributed by atoms with van der Waals surface area (Å²) in [5.41, 5.74) is 6.56. The molecule has 0 saturated heterocycles. The molecule has 1 heterocycles. The molecule has 0 aliphatic heterocycles. The van der Waals surface area contributed by atoms with Gasteiger partial charge in [0.1, 0.15) is 11.4 Å². The number of aromatic nitrogens is 1. The number of ether oxygens (including phenoxy) is 1. The zero-order chi connectivity index (χ0) is 22.7. The molecule has 0 fully saturated rings. The van der Waals surface area contributed by atoms with E-state index in [1.54, 1.807) is 7.11 Å². The minimum Gasteiger partial charge on any atom is -0.497 e. The smallest absolute Gasteiger partial charge is 0.352 e. The molecule has 4 aromatic rings. The van der Waals surface area contributed by atoms with Gasteiger partial charge in [-0.05, 0) is 37.1 Å². The minimum absolute atomic E-state index is 0.310. The Morgan fingerprint density at radius 3 is 2.12 bits per heavy atom. The maximum Gasteiger partial charge on any atom is 0.352 e. The number of rotatable bonds is 8. The lowest BCUT2D eigenvalue weighted by atomic mass is 10.1. The molecular weight excluding hydrogens is 400 g/mol. The molecular formula is C27H28N2O3. The Labute approximate surface area is 188 Å². The topological polar surface area (TPSA) is 63.5 Å². The van der Waals surface area contributed by atoms with Gasteiger partial charge in [-0.3, -0.25) is 0 Å². The van der Waals surface area contributed by atoms with Crippen molar-refractivity contribution in [2.45, 2.75) is 33.5 Å². The molecule has 0 aliphatic rings. The Hall–Kier alpha value is -3.57. The van der Waals surface area contributed by atoms with Crippen LogP contribution in [0.3, 0.4) is 0 Å². The van der Waals surface area contributed by atoms with Crippen LogP contribution < -0.4 is 10.1 Å². The van der Waals surface area contributed by atoms with Gasteiger partial charge in [-0.25, -0.2) is 4.79 Å². The second kappa shape index (κ2) is 9.28. The van der Waals surface area contributed by atoms with Crippen LogP contribution in [0.4, 0.5) is 0 Å². The zero-order valence-electron chi connectivity index (χ0n) is 18.7. The number of carboxylic acids is 1. The molecule has 0 bridgehead atoms. The van der Waals surface area contributed by atoms with E-state index in [2.05, 4.69) is 36.5 Å². The standard InChI is InChI=1S/C27H28N2O3/c1-18-4-8-20(9-5-18)15-28-16-24-23-13-12-22(32-3)14-25(23)29(26(24)27(30)31)17-21-10-6-19(2)7-11-21/h4-14,28H,15-17H2,1-3H3,(H,30,31). The van der Waals surface area contributed by atoms with Gasteiger partial charge in [-0.15, -0.1) is 0 Å². The van der Waals surface area contributed by atoms with Crippen LogP contribution in [0.25, 0.3) is 10.9 Å². The SMILES string of the molecule is COc1ccc2c(CNCc3ccc(C)cc3)c(C(=O)O)n(Cc3ccc(C)cc3)c2c1. The fraction of sp³-hybridized carbons (Fsp3) is 0.222. The van der Waals surface area contributed by atoms with Crippen LogP contribution in [-0.4, -0.2) is 22.8 Å². The fourth-order valence-corrected chi connectivity index (χ4v) is 4.03. The third-order valence-corrected chi connectivity index (χ3v) is 5.79. The number of aromatic carboxylic acids is 1. The third-order valence-electron chi connectivity index (χ3n) is 5.79. The summed E-state index contributed by atoms with van der Waals surface area (Å²) in [4.78, 5) is 12.4. The van der Waals surface area contributed by atoms with Crippen molar-refractivity contribution < 1.29 is 14.6 Å². The van der Waals surface area contributed by atoms with Gasteiger partial charge in [0.05, 0.1) is 12.6 Å². The van der Waals surface area contributed by atoms with E-state index in [0.717, 1.165) is 27.6 Å². The van der Waals surface area contributed by atoms with Gasteiger partial charge in [0.15, 0.2) is 0 Å². The summed E-state index contributed by atoms with van der Waals surface area (Å²) < 4.78 is 7.31. The minimum atomic E-state index is -0.931. The first-order chi connectivity index (χ1) is 15.5. The largest absolute Gasteiger partial charge is 0.497 e. The van der Waals surface area contributed by atoms with Gasteiger partial charge in [0.2, 0.25) is 0 Å². The molecule has 0 aliphatic carbocycles. The Kier molecular flexibility index (Phi) is 6.28. The summed E-state index contributed by atoms with van der Waals surface area (Å²) in [6.45, 7) is 5.70. The van der Waals surface area contributed by atoms with Gasteiger partial charge in [-0.2, -0.15) is 0 Å². The van der Waals surface area contributed by atoms with Crippen LogP contribution in [0.2, 0.25) is 0 Å². The van der Waals surface area contributed by atoms with Gasteiger partial charge < -0.3 is 19.7 Å². The summed E-state index contributed by atoms with van der Waals surface area (Å²) in [6, 6.07) is 22.3. The Morgan fingerprint density at radius 1 is 0.906 bits per heavy atom. The van der Waals surface area contributed by atoms with Crippen LogP contribution in [0.15, 0.2) is 66.7 Å². The molecule has 0 unspecified atom stereocenters. The number of nitrogens with one attached hydrogen (secondary N) is 1. The van der Waals surface area contributed by atoms with Gasteiger partial charge in [0, 0.05) is 36.7 Å². The predicted octanol–water partition coefficient (Wildman–Crippen LogP) is 5.30. The number of nitrogens with zero attached hydrogens (tertiary/aromatic N) is 1. The van der Waals surface area contributed by atoms with Crippen LogP contribution in [0.5, 0.6) is 5.75 Å². The Bertz CT molecular complexity index is 1240. The maximum atomic E-state index is 12.4. The summed E-state index contributed by atoms with van der Waals surface area (Å²) in [5, 5.41) is 14.5. The average molecular weight is 429 g/mol. The summed E-state index contributed by atoms with van der Waals surface area (Å²) in [5.74, 6) is -0.226. The Balaban J connectivity index is 1.73. The van der Waals surface area contributed by atoms with Crippen LogP contribution >= 0.6 is 0 Å². The predicted molar refractivity (Wildman–Crippen MR) is 127 cm³/mol. The molecule has 1 aromatic heterocycles. The Morgan fingerprint density at radius 2 is 1.53 bits per heavy atom. The number of fused-ring (bicyclic) bond motifs is 1. The van der Waals surface area contributed by atoms with E-state index in [1.807, 2.05) is 54.0 Å². The first kappa shape index (κ1) is 21.7. The van der Waals surface area contributed by atoms with Crippen LogP contribution in [0, 0.1) is 13.8 Å². The van der Waals surface area contributed by atoms with Crippen molar-refractivity contribution in [2.75, 3.05) is 7.11 Å². The van der Waals surface area contributed by atoms with Crippen molar-refractivity contribution in [3.05, 3.63) is 100 Å². The fourth-order valence-electron chi connectivity index (χ4n) is 4.03. The molecule has 32 heavy (non-hydrogen) atoms. The molecule has 0 amide bonds. The van der Waals surface area contributed by atoms with E-state index in [4.69, 9.17) is 4.74 Å². The van der Waals surface area contributed by atoms with E-state index >= 15 is 0 Å². The summed E-state index contributed by atoms with van der Waals surface area (Å²) in [7, 11) is 1.62. The van der Waals surface area contributed by atoms with Crippen molar-refractivity contribution in [1.29, 1.82) is 0 Å². The number of hydrogen-bond donors (Lipinski definition) is 2. The molecule has 0 atom stereocenters. The first-order valence-corrected chi connectivity index (χ1v) is 10.7. The van der Waals surface area contributed by atoms with E-state index in [9.17, 15) is 9.90 Å². The molecule has 5 heteroatoms. The number of carboxylic acid groups (broad SMARTS) is 1. The highest BCUT2D eigenvalue weighted by atomic mass is 16.5. The highest BCUT2D eigenvalue weighted by molar-refractivity contribution is 5.98. The second-order valence-corrected chi connectivity index (χ2v) is 8.18. The first-order valence-electron chi connectivity index (χ1n) is 10.7. The molecule has 5 nitrogen and oxygen atoms in total. The average Bonchev–Trinajstić information content (AvgIpc) is 3.09. The highest BCUT2D eigenvalue weighted by Gasteiger charge is 2.22. The highest BCUT2D eigenvalue weighted by Crippen LogP contribution is 2.31. The number of benzene rings is 3. The normalized spacial score (nSPS) is 11.1. The monoisotopic (exact) mass is 428 g/mol. The molecule has 0 spiro atoms. The lowest BCUT2D eigenvalue weighted by Gasteiger charge is -2.11. The number of carbonyl (C=O) groups is 1. The molecule has 3 aromatic carbocycles. The lowest BCUT2D eigenvalue weighted by Crippen LogP contribution is -2.17. The second-order valence-electron chi connectivity index (χ2n) is 8.18. The molecule has 0 saturated carbocycles. The van der Waals surface area contributed by atoms with Gasteiger partial charge in [0.25, 0.3) is 0 Å². The quantitative estimate of drug-likeness (QED) is 0.400. The number of aryl methyl sites for hydroxylation is 2.